The van der Waals surface area contributed by atoms with Gasteiger partial charge in [-0.3, -0.25) is 0 Å². The van der Waals surface area contributed by atoms with Crippen molar-refractivity contribution in [2.45, 2.75) is 25.9 Å². The molecule has 0 amide bonds. The van der Waals surface area contributed by atoms with E-state index in [0.717, 1.165) is 35.5 Å². The molecule has 0 radical (unpaired) electrons. The average Bonchev–Trinajstić information content (AvgIpc) is 2.51. The van der Waals surface area contributed by atoms with E-state index in [4.69, 9.17) is 9.47 Å². The molecular weight excluding hydrogens is 252 g/mol. The average molecular weight is 270 g/mol. The molecule has 1 aliphatic rings. The Morgan fingerprint density at radius 2 is 1.90 bits per heavy atom. The molecule has 2 aromatic rings. The Hall–Kier alpha value is -2.16. The molecular formula is C17H18O3. The summed E-state index contributed by atoms with van der Waals surface area (Å²) in [5.74, 6) is 1.97. The van der Waals surface area contributed by atoms with Gasteiger partial charge in [0.15, 0.2) is 0 Å². The summed E-state index contributed by atoms with van der Waals surface area (Å²) < 4.78 is 11.3. The number of rotatable bonds is 2. The SMILES string of the molecule is COc1ccc(C2CCc3ccc(O)c(C)c3O2)cc1. The van der Waals surface area contributed by atoms with Crippen LogP contribution < -0.4 is 9.47 Å². The van der Waals surface area contributed by atoms with Gasteiger partial charge in [0.05, 0.1) is 7.11 Å². The van der Waals surface area contributed by atoms with Crippen LogP contribution in [0, 0.1) is 6.92 Å². The van der Waals surface area contributed by atoms with Crippen LogP contribution in [0.25, 0.3) is 0 Å². The third-order valence-electron chi connectivity index (χ3n) is 3.88. The van der Waals surface area contributed by atoms with Crippen molar-refractivity contribution in [3.8, 4) is 17.2 Å². The van der Waals surface area contributed by atoms with Gasteiger partial charge in [-0.05, 0) is 49.1 Å². The number of phenolic OH excluding ortho intramolecular Hbond substituents is 1. The van der Waals surface area contributed by atoms with E-state index in [1.54, 1.807) is 13.2 Å². The Balaban J connectivity index is 1.89. The number of methoxy groups -OCH3 is 1. The van der Waals surface area contributed by atoms with Gasteiger partial charge >= 0.3 is 0 Å². The maximum atomic E-state index is 9.80. The monoisotopic (exact) mass is 270 g/mol. The number of ether oxygens (including phenoxy) is 2. The van der Waals surface area contributed by atoms with E-state index in [2.05, 4.69) is 0 Å². The van der Waals surface area contributed by atoms with Crippen LogP contribution in [0.4, 0.5) is 0 Å². The summed E-state index contributed by atoms with van der Waals surface area (Å²) in [6.45, 7) is 1.89. The first-order valence-electron chi connectivity index (χ1n) is 6.81. The van der Waals surface area contributed by atoms with Gasteiger partial charge in [-0.25, -0.2) is 0 Å². The maximum absolute atomic E-state index is 9.80. The molecule has 0 aliphatic carbocycles. The molecule has 0 saturated carbocycles. The molecule has 1 atom stereocenters. The lowest BCUT2D eigenvalue weighted by molar-refractivity contribution is 0.174. The zero-order chi connectivity index (χ0) is 14.1. The fraction of sp³-hybridized carbons (Fsp3) is 0.294. The molecule has 0 spiro atoms. The Bertz CT molecular complexity index is 617. The molecule has 20 heavy (non-hydrogen) atoms. The molecule has 0 saturated heterocycles. The van der Waals surface area contributed by atoms with Crippen molar-refractivity contribution < 1.29 is 14.6 Å². The first-order valence-corrected chi connectivity index (χ1v) is 6.81. The lowest BCUT2D eigenvalue weighted by Gasteiger charge is -2.28. The topological polar surface area (TPSA) is 38.7 Å². The second-order valence-corrected chi connectivity index (χ2v) is 5.12. The Kier molecular flexibility index (Phi) is 3.26. The molecule has 1 aliphatic heterocycles. The van der Waals surface area contributed by atoms with Crippen LogP contribution >= 0.6 is 0 Å². The molecule has 0 aromatic heterocycles. The summed E-state index contributed by atoms with van der Waals surface area (Å²) in [4.78, 5) is 0. The number of hydrogen-bond acceptors (Lipinski definition) is 3. The van der Waals surface area contributed by atoms with Crippen LogP contribution in [0.3, 0.4) is 0 Å². The van der Waals surface area contributed by atoms with Gasteiger partial charge in [-0.2, -0.15) is 0 Å². The Labute approximate surface area is 118 Å². The minimum absolute atomic E-state index is 0.0360. The fourth-order valence-corrected chi connectivity index (χ4v) is 2.64. The second kappa shape index (κ2) is 5.08. The lowest BCUT2D eigenvalue weighted by atomic mass is 9.95. The van der Waals surface area contributed by atoms with Crippen molar-refractivity contribution >= 4 is 0 Å². The van der Waals surface area contributed by atoms with Gasteiger partial charge in [-0.1, -0.05) is 18.2 Å². The highest BCUT2D eigenvalue weighted by molar-refractivity contribution is 5.50. The highest BCUT2D eigenvalue weighted by Gasteiger charge is 2.23. The lowest BCUT2D eigenvalue weighted by Crippen LogP contribution is -2.16. The van der Waals surface area contributed by atoms with Crippen molar-refractivity contribution in [1.29, 1.82) is 0 Å². The molecule has 1 N–H and O–H groups in total. The van der Waals surface area contributed by atoms with Crippen molar-refractivity contribution in [2.75, 3.05) is 7.11 Å². The van der Waals surface area contributed by atoms with Gasteiger partial charge in [0.1, 0.15) is 23.4 Å². The number of benzene rings is 2. The van der Waals surface area contributed by atoms with E-state index < -0.39 is 0 Å². The van der Waals surface area contributed by atoms with Gasteiger partial charge in [0.25, 0.3) is 0 Å². The van der Waals surface area contributed by atoms with Gasteiger partial charge in [-0.15, -0.1) is 0 Å². The summed E-state index contributed by atoms with van der Waals surface area (Å²) >= 11 is 0. The minimum Gasteiger partial charge on any atom is -0.508 e. The van der Waals surface area contributed by atoms with E-state index in [0.29, 0.717) is 5.75 Å². The third kappa shape index (κ3) is 2.20. The molecule has 1 heterocycles. The van der Waals surface area contributed by atoms with Crippen LogP contribution in [0.2, 0.25) is 0 Å². The number of aromatic hydroxyl groups is 1. The highest BCUT2D eigenvalue weighted by Crippen LogP contribution is 2.40. The summed E-state index contributed by atoms with van der Waals surface area (Å²) in [7, 11) is 1.66. The number of fused-ring (bicyclic) bond motifs is 1. The number of aryl methyl sites for hydroxylation is 1. The predicted molar refractivity (Wildman–Crippen MR) is 77.5 cm³/mol. The highest BCUT2D eigenvalue weighted by atomic mass is 16.5. The summed E-state index contributed by atoms with van der Waals surface area (Å²) in [5, 5.41) is 9.80. The first kappa shape index (κ1) is 12.9. The third-order valence-corrected chi connectivity index (χ3v) is 3.88. The molecule has 3 rings (SSSR count). The molecule has 104 valence electrons. The van der Waals surface area contributed by atoms with Crippen LogP contribution in [-0.2, 0) is 6.42 Å². The van der Waals surface area contributed by atoms with Gasteiger partial charge in [0, 0.05) is 5.56 Å². The van der Waals surface area contributed by atoms with Crippen LogP contribution in [0.1, 0.15) is 29.2 Å². The van der Waals surface area contributed by atoms with Crippen molar-refractivity contribution in [3.05, 3.63) is 53.1 Å². The van der Waals surface area contributed by atoms with E-state index in [1.165, 1.54) is 5.56 Å². The summed E-state index contributed by atoms with van der Waals surface area (Å²) in [6.07, 6.45) is 1.95. The molecule has 3 nitrogen and oxygen atoms in total. The van der Waals surface area contributed by atoms with Gasteiger partial charge < -0.3 is 14.6 Å². The summed E-state index contributed by atoms with van der Waals surface area (Å²) in [5.41, 5.74) is 3.13. The maximum Gasteiger partial charge on any atom is 0.130 e. The molecule has 0 bridgehead atoms. The van der Waals surface area contributed by atoms with Crippen LogP contribution in [0.15, 0.2) is 36.4 Å². The minimum atomic E-state index is 0.0360. The fourth-order valence-electron chi connectivity index (χ4n) is 2.64. The smallest absolute Gasteiger partial charge is 0.130 e. The molecule has 0 fully saturated rings. The van der Waals surface area contributed by atoms with Crippen LogP contribution in [-0.4, -0.2) is 12.2 Å². The Morgan fingerprint density at radius 1 is 1.15 bits per heavy atom. The zero-order valence-corrected chi connectivity index (χ0v) is 11.7. The summed E-state index contributed by atoms with van der Waals surface area (Å²) in [6, 6.07) is 11.7. The molecule has 1 unspecified atom stereocenters. The number of phenols is 1. The van der Waals surface area contributed by atoms with Crippen molar-refractivity contribution in [1.82, 2.24) is 0 Å². The standard InChI is InChI=1S/C17H18O3/c1-11-15(18)9-5-13-6-10-16(20-17(11)13)12-3-7-14(19-2)8-4-12/h3-5,7-9,16,18H,6,10H2,1-2H3. The first-order chi connectivity index (χ1) is 9.69. The van der Waals surface area contributed by atoms with Crippen molar-refractivity contribution in [3.63, 3.8) is 0 Å². The van der Waals surface area contributed by atoms with E-state index in [9.17, 15) is 5.11 Å². The van der Waals surface area contributed by atoms with E-state index in [1.807, 2.05) is 37.3 Å². The Morgan fingerprint density at radius 3 is 2.60 bits per heavy atom. The molecule has 2 aromatic carbocycles. The molecule has 3 heteroatoms. The second-order valence-electron chi connectivity index (χ2n) is 5.12. The van der Waals surface area contributed by atoms with E-state index >= 15 is 0 Å². The van der Waals surface area contributed by atoms with E-state index in [-0.39, 0.29) is 6.10 Å². The normalized spacial score (nSPS) is 17.2. The van der Waals surface area contributed by atoms with Crippen LogP contribution in [0.5, 0.6) is 17.2 Å². The predicted octanol–water partition coefficient (Wildman–Crippen LogP) is 3.78. The van der Waals surface area contributed by atoms with Gasteiger partial charge in [0.2, 0.25) is 0 Å². The zero-order valence-electron chi connectivity index (χ0n) is 11.7. The van der Waals surface area contributed by atoms with Crippen molar-refractivity contribution in [2.24, 2.45) is 0 Å². The largest absolute Gasteiger partial charge is 0.508 e. The quantitative estimate of drug-likeness (QED) is 0.902. The number of hydrogen-bond donors (Lipinski definition) is 1.